The summed E-state index contributed by atoms with van der Waals surface area (Å²) in [5, 5.41) is 5.25. The molecule has 3 nitrogen and oxygen atoms in total. The predicted octanol–water partition coefficient (Wildman–Crippen LogP) is 6.57. The summed E-state index contributed by atoms with van der Waals surface area (Å²) in [7, 11) is -4.19. The highest BCUT2D eigenvalue weighted by Crippen LogP contribution is 2.43. The Balaban J connectivity index is 2.64. The van der Waals surface area contributed by atoms with E-state index in [1.54, 1.807) is 12.1 Å². The van der Waals surface area contributed by atoms with Crippen LogP contribution >= 0.6 is 0 Å². The summed E-state index contributed by atoms with van der Waals surface area (Å²) < 4.78 is 66.2. The molecule has 0 aliphatic heterocycles. The van der Waals surface area contributed by atoms with Crippen molar-refractivity contribution in [3.8, 4) is 11.1 Å². The second-order valence-electron chi connectivity index (χ2n) is 7.43. The van der Waals surface area contributed by atoms with Crippen LogP contribution in [0, 0.1) is 6.92 Å². The van der Waals surface area contributed by atoms with Gasteiger partial charge in [0.15, 0.2) is 0 Å². The van der Waals surface area contributed by atoms with Gasteiger partial charge in [0.1, 0.15) is 0 Å². The van der Waals surface area contributed by atoms with Gasteiger partial charge in [-0.1, -0.05) is 69.0 Å². The zero-order chi connectivity index (χ0) is 22.5. The number of allylic oxidation sites excluding steroid dienone is 1. The zero-order valence-electron chi connectivity index (χ0n) is 17.3. The average Bonchev–Trinajstić information content (AvgIpc) is 2.67. The molecule has 0 amide bonds. The van der Waals surface area contributed by atoms with Crippen molar-refractivity contribution in [3.63, 3.8) is 0 Å². The highest BCUT2D eigenvalue weighted by molar-refractivity contribution is 7.89. The fourth-order valence-electron chi connectivity index (χ4n) is 3.85. The van der Waals surface area contributed by atoms with Gasteiger partial charge < -0.3 is 0 Å². The lowest BCUT2D eigenvalue weighted by Crippen LogP contribution is -2.16. The van der Waals surface area contributed by atoms with Crippen LogP contribution in [0.5, 0.6) is 0 Å². The Kier molecular flexibility index (Phi) is 7.88. The van der Waals surface area contributed by atoms with Gasteiger partial charge in [0, 0.05) is 11.5 Å². The number of unbranched alkanes of at least 4 members (excludes halogenated alkanes) is 3. The van der Waals surface area contributed by atoms with Crippen LogP contribution in [0.3, 0.4) is 0 Å². The molecule has 7 heteroatoms. The minimum atomic E-state index is -4.66. The lowest BCUT2D eigenvalue weighted by molar-refractivity contribution is -0.137. The largest absolute Gasteiger partial charge is 0.417 e. The molecule has 0 aromatic heterocycles. The summed E-state index contributed by atoms with van der Waals surface area (Å²) in [6, 6.07) is 8.48. The van der Waals surface area contributed by atoms with Crippen LogP contribution in [0.25, 0.3) is 11.1 Å². The molecule has 0 bridgehead atoms. The molecule has 1 atom stereocenters. The summed E-state index contributed by atoms with van der Waals surface area (Å²) in [6.07, 6.45) is 1.83. The first-order valence-corrected chi connectivity index (χ1v) is 11.5. The van der Waals surface area contributed by atoms with Gasteiger partial charge in [-0.2, -0.15) is 13.2 Å². The number of halogens is 3. The van der Waals surface area contributed by atoms with E-state index in [0.29, 0.717) is 5.56 Å². The Bertz CT molecular complexity index is 998. The predicted molar refractivity (Wildman–Crippen MR) is 115 cm³/mol. The molecule has 0 radical (unpaired) electrons. The number of nitrogens with two attached hydrogens (primary N) is 1. The van der Waals surface area contributed by atoms with E-state index in [0.717, 1.165) is 32.1 Å². The first-order chi connectivity index (χ1) is 14.0. The first-order valence-electron chi connectivity index (χ1n) is 9.97. The molecule has 2 rings (SSSR count). The number of hydrogen-bond acceptors (Lipinski definition) is 2. The summed E-state index contributed by atoms with van der Waals surface area (Å²) in [5.41, 5.74) is -0.436. The van der Waals surface area contributed by atoms with Crippen LogP contribution in [0.2, 0.25) is 0 Å². The smallest absolute Gasteiger partial charge is 0.225 e. The fraction of sp³-hybridized carbons (Fsp3) is 0.391. The third-order valence-electron chi connectivity index (χ3n) is 5.33. The van der Waals surface area contributed by atoms with Gasteiger partial charge in [-0.3, -0.25) is 0 Å². The third kappa shape index (κ3) is 5.52. The van der Waals surface area contributed by atoms with Crippen LogP contribution in [-0.4, -0.2) is 8.42 Å². The Morgan fingerprint density at radius 2 is 1.73 bits per heavy atom. The average molecular weight is 440 g/mol. The van der Waals surface area contributed by atoms with E-state index in [4.69, 9.17) is 5.14 Å². The maximum Gasteiger partial charge on any atom is 0.417 e. The zero-order valence-corrected chi connectivity index (χ0v) is 18.1. The van der Waals surface area contributed by atoms with E-state index in [1.807, 2.05) is 0 Å². The molecule has 1 unspecified atom stereocenters. The molecule has 2 aromatic carbocycles. The molecule has 30 heavy (non-hydrogen) atoms. The highest BCUT2D eigenvalue weighted by atomic mass is 32.2. The van der Waals surface area contributed by atoms with Crippen molar-refractivity contribution in [2.24, 2.45) is 5.14 Å². The number of alkyl halides is 3. The molecular weight excluding hydrogens is 411 g/mol. The molecule has 0 heterocycles. The Labute approximate surface area is 176 Å². The van der Waals surface area contributed by atoms with E-state index in [-0.39, 0.29) is 27.5 Å². The Morgan fingerprint density at radius 3 is 2.30 bits per heavy atom. The van der Waals surface area contributed by atoms with Gasteiger partial charge in [0.25, 0.3) is 0 Å². The van der Waals surface area contributed by atoms with Gasteiger partial charge in [0.2, 0.25) is 10.0 Å². The monoisotopic (exact) mass is 439 g/mol. The quantitative estimate of drug-likeness (QED) is 0.355. The Hall–Kier alpha value is -2.12. The van der Waals surface area contributed by atoms with Gasteiger partial charge >= 0.3 is 6.18 Å². The van der Waals surface area contributed by atoms with Crippen molar-refractivity contribution < 1.29 is 21.6 Å². The summed E-state index contributed by atoms with van der Waals surface area (Å²) in [6.45, 7) is 7.35. The van der Waals surface area contributed by atoms with E-state index in [1.165, 1.54) is 37.3 Å². The van der Waals surface area contributed by atoms with Gasteiger partial charge in [-0.15, -0.1) is 6.58 Å². The maximum absolute atomic E-state index is 14.1. The molecule has 2 N–H and O–H groups in total. The topological polar surface area (TPSA) is 60.2 Å². The van der Waals surface area contributed by atoms with Crippen molar-refractivity contribution in [2.75, 3.05) is 0 Å². The van der Waals surface area contributed by atoms with E-state index in [9.17, 15) is 21.6 Å². The number of benzene rings is 2. The summed E-state index contributed by atoms with van der Waals surface area (Å²) in [5.74, 6) is -0.203. The lowest BCUT2D eigenvalue weighted by Gasteiger charge is -2.23. The standard InChI is InChI=1S/C23H28F3NO2S/c1-4-6-7-8-11-17(5-2)18-14-15-20(22(16(18)3)23(24,25)26)19-12-9-10-13-21(19)30(27,28)29/h5,9-10,12-15,17H,2,4,6-8,11H2,1,3H3,(H2,27,28,29). The molecule has 0 aliphatic rings. The number of hydrogen-bond donors (Lipinski definition) is 1. The summed E-state index contributed by atoms with van der Waals surface area (Å²) in [4.78, 5) is -0.331. The van der Waals surface area contributed by atoms with Crippen molar-refractivity contribution in [1.29, 1.82) is 0 Å². The molecule has 0 aliphatic carbocycles. The van der Waals surface area contributed by atoms with E-state index >= 15 is 0 Å². The second kappa shape index (κ2) is 9.79. The van der Waals surface area contributed by atoms with Crippen LogP contribution in [-0.2, 0) is 16.2 Å². The molecule has 0 saturated heterocycles. The second-order valence-corrected chi connectivity index (χ2v) is 8.96. The van der Waals surface area contributed by atoms with Crippen molar-refractivity contribution in [3.05, 3.63) is 65.7 Å². The van der Waals surface area contributed by atoms with Gasteiger partial charge in [-0.25, -0.2) is 13.6 Å². The molecule has 0 fully saturated rings. The van der Waals surface area contributed by atoms with Crippen molar-refractivity contribution >= 4 is 10.0 Å². The van der Waals surface area contributed by atoms with Crippen LogP contribution in [0.4, 0.5) is 13.2 Å². The minimum absolute atomic E-state index is 0.0555. The SMILES string of the molecule is C=CC(CCCCCC)c1ccc(-c2ccccc2S(N)(=O)=O)c(C(F)(F)F)c1C. The van der Waals surface area contributed by atoms with Crippen LogP contribution in [0.15, 0.2) is 53.9 Å². The number of sulfonamides is 1. The van der Waals surface area contributed by atoms with Crippen molar-refractivity contribution in [2.45, 2.75) is 62.9 Å². The molecule has 0 saturated carbocycles. The highest BCUT2D eigenvalue weighted by Gasteiger charge is 2.37. The normalized spacial score (nSPS) is 13.3. The molecule has 0 spiro atoms. The third-order valence-corrected chi connectivity index (χ3v) is 6.30. The van der Waals surface area contributed by atoms with Crippen LogP contribution < -0.4 is 5.14 Å². The summed E-state index contributed by atoms with van der Waals surface area (Å²) >= 11 is 0. The molecule has 164 valence electrons. The van der Waals surface area contributed by atoms with Crippen LogP contribution in [0.1, 0.15) is 61.6 Å². The number of primary sulfonamides is 1. The van der Waals surface area contributed by atoms with Gasteiger partial charge in [-0.05, 0) is 36.1 Å². The molecule has 2 aromatic rings. The Morgan fingerprint density at radius 1 is 1.07 bits per heavy atom. The fourth-order valence-corrected chi connectivity index (χ4v) is 4.60. The van der Waals surface area contributed by atoms with Crippen molar-refractivity contribution in [1.82, 2.24) is 0 Å². The lowest BCUT2D eigenvalue weighted by atomic mass is 9.84. The van der Waals surface area contributed by atoms with E-state index < -0.39 is 21.8 Å². The number of rotatable bonds is 9. The first kappa shape index (κ1) is 24.2. The van der Waals surface area contributed by atoms with E-state index in [2.05, 4.69) is 13.5 Å². The maximum atomic E-state index is 14.1. The van der Waals surface area contributed by atoms with Gasteiger partial charge in [0.05, 0.1) is 10.5 Å². The molecular formula is C23H28F3NO2S. The minimum Gasteiger partial charge on any atom is -0.225 e.